The van der Waals surface area contributed by atoms with E-state index in [4.69, 9.17) is 10.5 Å². The second-order valence-electron chi connectivity index (χ2n) is 4.84. The van der Waals surface area contributed by atoms with Crippen LogP contribution in [0.4, 0.5) is 4.79 Å². The van der Waals surface area contributed by atoms with Crippen LogP contribution in [0, 0.1) is 0 Å². The second-order valence-corrected chi connectivity index (χ2v) is 4.84. The summed E-state index contributed by atoms with van der Waals surface area (Å²) in [4.78, 5) is 23.2. The minimum absolute atomic E-state index is 0.158. The molecule has 0 aliphatic heterocycles. The van der Waals surface area contributed by atoms with Gasteiger partial charge in [0, 0.05) is 6.42 Å². The van der Waals surface area contributed by atoms with Crippen LogP contribution in [0.1, 0.15) is 11.1 Å². The minimum atomic E-state index is -0.802. The van der Waals surface area contributed by atoms with Crippen molar-refractivity contribution < 1.29 is 14.3 Å². The topological polar surface area (TPSA) is 81.4 Å². The van der Waals surface area contributed by atoms with Crippen LogP contribution in [0.5, 0.6) is 0 Å². The van der Waals surface area contributed by atoms with Crippen LogP contribution < -0.4 is 11.1 Å². The molecule has 0 spiro atoms. The van der Waals surface area contributed by atoms with Crippen molar-refractivity contribution in [1.82, 2.24) is 5.32 Å². The third-order valence-corrected chi connectivity index (χ3v) is 3.11. The summed E-state index contributed by atoms with van der Waals surface area (Å²) in [6, 6.07) is 17.2. The molecule has 3 N–H and O–H groups in total. The number of carbonyl (C=O) groups is 2. The molecule has 0 aliphatic rings. The van der Waals surface area contributed by atoms with Crippen molar-refractivity contribution in [2.75, 3.05) is 0 Å². The van der Waals surface area contributed by atoms with Crippen LogP contribution in [0.2, 0.25) is 0 Å². The summed E-state index contributed by atoms with van der Waals surface area (Å²) in [5, 5.41) is 2.43. The molecule has 2 aromatic rings. The number of carbonyl (C=O) groups excluding carboxylic acids is 2. The molecule has 0 radical (unpaired) electrons. The van der Waals surface area contributed by atoms with Gasteiger partial charge in [-0.2, -0.15) is 0 Å². The van der Waals surface area contributed by atoms with E-state index in [-0.39, 0.29) is 6.61 Å². The molecule has 22 heavy (non-hydrogen) atoms. The fourth-order valence-corrected chi connectivity index (χ4v) is 2.04. The third-order valence-electron chi connectivity index (χ3n) is 3.11. The van der Waals surface area contributed by atoms with Gasteiger partial charge in [-0.1, -0.05) is 60.7 Å². The van der Waals surface area contributed by atoms with Gasteiger partial charge in [-0.05, 0) is 11.1 Å². The number of urea groups is 1. The molecule has 0 aliphatic carbocycles. The minimum Gasteiger partial charge on any atom is -0.459 e. The van der Waals surface area contributed by atoms with Crippen LogP contribution in [0.3, 0.4) is 0 Å². The maximum atomic E-state index is 12.2. The lowest BCUT2D eigenvalue weighted by Crippen LogP contribution is -2.45. The van der Waals surface area contributed by atoms with E-state index < -0.39 is 18.0 Å². The number of ether oxygens (including phenoxy) is 1. The molecule has 5 heteroatoms. The van der Waals surface area contributed by atoms with Gasteiger partial charge in [0.15, 0.2) is 0 Å². The molecule has 0 fully saturated rings. The predicted molar refractivity (Wildman–Crippen MR) is 82.9 cm³/mol. The molecule has 2 rings (SSSR count). The van der Waals surface area contributed by atoms with Crippen molar-refractivity contribution in [3.8, 4) is 0 Å². The highest BCUT2D eigenvalue weighted by Crippen LogP contribution is 2.07. The van der Waals surface area contributed by atoms with Gasteiger partial charge in [-0.15, -0.1) is 0 Å². The Morgan fingerprint density at radius 3 is 2.05 bits per heavy atom. The molecule has 0 unspecified atom stereocenters. The summed E-state index contributed by atoms with van der Waals surface area (Å²) < 4.78 is 5.25. The lowest BCUT2D eigenvalue weighted by molar-refractivity contribution is -0.147. The normalized spacial score (nSPS) is 11.5. The SMILES string of the molecule is NC(=O)N[C@@H](Cc1ccccc1)C(=O)OCc1ccccc1. The summed E-state index contributed by atoms with van der Waals surface area (Å²) in [6.07, 6.45) is 0.331. The smallest absolute Gasteiger partial charge is 0.329 e. The zero-order chi connectivity index (χ0) is 15.8. The van der Waals surface area contributed by atoms with E-state index in [2.05, 4.69) is 5.32 Å². The number of primary amides is 1. The predicted octanol–water partition coefficient (Wildman–Crippen LogP) is 2.01. The molecule has 0 saturated heterocycles. The van der Waals surface area contributed by atoms with Crippen molar-refractivity contribution in [2.24, 2.45) is 5.73 Å². The number of esters is 1. The van der Waals surface area contributed by atoms with E-state index in [0.29, 0.717) is 6.42 Å². The fourth-order valence-electron chi connectivity index (χ4n) is 2.04. The summed E-state index contributed by atoms with van der Waals surface area (Å²) in [7, 11) is 0. The number of nitrogens with two attached hydrogens (primary N) is 1. The average molecular weight is 298 g/mol. The van der Waals surface area contributed by atoms with E-state index in [0.717, 1.165) is 11.1 Å². The molecular formula is C17H18N2O3. The van der Waals surface area contributed by atoms with Crippen LogP contribution in [0.15, 0.2) is 60.7 Å². The van der Waals surface area contributed by atoms with Crippen LogP contribution in [0.25, 0.3) is 0 Å². The van der Waals surface area contributed by atoms with Gasteiger partial charge in [0.05, 0.1) is 0 Å². The van der Waals surface area contributed by atoms with Gasteiger partial charge < -0.3 is 15.8 Å². The monoisotopic (exact) mass is 298 g/mol. The molecule has 1 atom stereocenters. The molecule has 0 saturated carbocycles. The Bertz CT molecular complexity index is 614. The van der Waals surface area contributed by atoms with Gasteiger partial charge in [-0.3, -0.25) is 0 Å². The summed E-state index contributed by atoms with van der Waals surface area (Å²) in [5.74, 6) is -0.508. The summed E-state index contributed by atoms with van der Waals surface area (Å²) in [6.45, 7) is 0.158. The second kappa shape index (κ2) is 7.83. The van der Waals surface area contributed by atoms with Gasteiger partial charge in [-0.25, -0.2) is 9.59 Å². The van der Waals surface area contributed by atoms with E-state index in [1.54, 1.807) is 0 Å². The first-order chi connectivity index (χ1) is 10.6. The molecular weight excluding hydrogens is 280 g/mol. The number of hydrogen-bond donors (Lipinski definition) is 2. The van der Waals surface area contributed by atoms with E-state index in [9.17, 15) is 9.59 Å². The first kappa shape index (κ1) is 15.6. The average Bonchev–Trinajstić information content (AvgIpc) is 2.53. The number of rotatable bonds is 6. The Balaban J connectivity index is 1.98. The van der Waals surface area contributed by atoms with E-state index >= 15 is 0 Å². The maximum Gasteiger partial charge on any atom is 0.329 e. The fraction of sp³-hybridized carbons (Fsp3) is 0.176. The highest BCUT2D eigenvalue weighted by atomic mass is 16.5. The molecule has 0 aromatic heterocycles. The Hall–Kier alpha value is -2.82. The third kappa shape index (κ3) is 4.94. The van der Waals surface area contributed by atoms with Crippen LogP contribution >= 0.6 is 0 Å². The number of amides is 2. The maximum absolute atomic E-state index is 12.2. The Labute approximate surface area is 129 Å². The number of hydrogen-bond acceptors (Lipinski definition) is 3. The summed E-state index contributed by atoms with van der Waals surface area (Å²) in [5.41, 5.74) is 6.93. The van der Waals surface area contributed by atoms with Crippen molar-refractivity contribution >= 4 is 12.0 Å². The molecule has 0 bridgehead atoms. The van der Waals surface area contributed by atoms with E-state index in [1.165, 1.54) is 0 Å². The van der Waals surface area contributed by atoms with Crippen molar-refractivity contribution in [3.05, 3.63) is 71.8 Å². The zero-order valence-electron chi connectivity index (χ0n) is 12.1. The van der Waals surface area contributed by atoms with Crippen molar-refractivity contribution in [1.29, 1.82) is 0 Å². The van der Waals surface area contributed by atoms with Crippen molar-refractivity contribution in [3.63, 3.8) is 0 Å². The molecule has 5 nitrogen and oxygen atoms in total. The molecule has 2 amide bonds. The Kier molecular flexibility index (Phi) is 5.54. The Morgan fingerprint density at radius 2 is 1.50 bits per heavy atom. The highest BCUT2D eigenvalue weighted by molar-refractivity contribution is 5.83. The first-order valence-electron chi connectivity index (χ1n) is 6.95. The van der Waals surface area contributed by atoms with Crippen molar-refractivity contribution in [2.45, 2.75) is 19.1 Å². The largest absolute Gasteiger partial charge is 0.459 e. The first-order valence-corrected chi connectivity index (χ1v) is 6.95. The number of nitrogens with one attached hydrogen (secondary N) is 1. The molecule has 0 heterocycles. The summed E-state index contributed by atoms with van der Waals surface area (Å²) >= 11 is 0. The van der Waals surface area contributed by atoms with Crippen LogP contribution in [-0.4, -0.2) is 18.0 Å². The van der Waals surface area contributed by atoms with Gasteiger partial charge in [0.2, 0.25) is 0 Å². The van der Waals surface area contributed by atoms with Gasteiger partial charge in [0.25, 0.3) is 0 Å². The lowest BCUT2D eigenvalue weighted by atomic mass is 10.1. The van der Waals surface area contributed by atoms with Gasteiger partial charge in [0.1, 0.15) is 12.6 Å². The number of benzene rings is 2. The lowest BCUT2D eigenvalue weighted by Gasteiger charge is -2.16. The quantitative estimate of drug-likeness (QED) is 0.800. The molecule has 114 valence electrons. The zero-order valence-corrected chi connectivity index (χ0v) is 12.1. The standard InChI is InChI=1S/C17H18N2O3/c18-17(21)19-15(11-13-7-3-1-4-8-13)16(20)22-12-14-9-5-2-6-10-14/h1-10,15H,11-12H2,(H3,18,19,21)/t15-/m0/s1. The van der Waals surface area contributed by atoms with Gasteiger partial charge >= 0.3 is 12.0 Å². The highest BCUT2D eigenvalue weighted by Gasteiger charge is 2.21. The molecule has 2 aromatic carbocycles. The van der Waals surface area contributed by atoms with E-state index in [1.807, 2.05) is 60.7 Å². The van der Waals surface area contributed by atoms with Crippen LogP contribution in [-0.2, 0) is 22.6 Å². The Morgan fingerprint density at radius 1 is 0.955 bits per heavy atom.